The number of hydrogen-bond donors (Lipinski definition) is 0. The first-order valence-corrected chi connectivity index (χ1v) is 28.2. The van der Waals surface area contributed by atoms with E-state index in [9.17, 15) is 2.74 Å². The number of aromatic nitrogens is 2. The van der Waals surface area contributed by atoms with Crippen molar-refractivity contribution >= 4 is 44.6 Å². The molecule has 2 aromatic heterocycles. The smallest absolute Gasteiger partial charge is 0.137 e. The molecule has 0 atom stereocenters. The van der Waals surface area contributed by atoms with E-state index >= 15 is 0 Å². The molecular formula is C70H82N4O. The van der Waals surface area contributed by atoms with Crippen molar-refractivity contribution in [3.8, 4) is 28.4 Å². The van der Waals surface area contributed by atoms with Crippen LogP contribution in [0, 0.1) is 0 Å². The summed E-state index contributed by atoms with van der Waals surface area (Å²) in [6.45, 7) is 28.2. The van der Waals surface area contributed by atoms with Gasteiger partial charge in [-0.05, 0) is 158 Å². The fraction of sp³-hybridized carbons (Fsp3) is 0.414. The summed E-state index contributed by atoms with van der Waals surface area (Å²) in [5.74, 6) is 2.88. The first-order valence-electron chi connectivity index (χ1n) is 30.2. The Balaban J connectivity index is 1.13. The van der Waals surface area contributed by atoms with Gasteiger partial charge in [0.15, 0.2) is 0 Å². The van der Waals surface area contributed by atoms with E-state index in [-0.39, 0.29) is 45.8 Å². The number of pyridine rings is 1. The molecule has 2 saturated carbocycles. The summed E-state index contributed by atoms with van der Waals surface area (Å²) in [5, 5.41) is 1.15. The Bertz CT molecular complexity index is 3570. The zero-order valence-corrected chi connectivity index (χ0v) is 47.0. The zero-order chi connectivity index (χ0) is 56.1. The molecule has 5 heteroatoms. The maximum absolute atomic E-state index is 9.29. The van der Waals surface area contributed by atoms with Crippen molar-refractivity contribution in [3.63, 3.8) is 0 Å². The van der Waals surface area contributed by atoms with E-state index in [1.54, 1.807) is 6.20 Å². The van der Waals surface area contributed by atoms with Crippen LogP contribution in [0.3, 0.4) is 0 Å². The minimum Gasteiger partial charge on any atom is -0.457 e. The van der Waals surface area contributed by atoms with Gasteiger partial charge >= 0.3 is 0 Å². The second-order valence-electron chi connectivity index (χ2n) is 26.3. The van der Waals surface area contributed by atoms with Gasteiger partial charge in [-0.3, -0.25) is 4.57 Å². The maximum Gasteiger partial charge on any atom is 0.137 e. The fourth-order valence-electron chi connectivity index (χ4n) is 12.7. The predicted octanol–water partition coefficient (Wildman–Crippen LogP) is 20.2. The third-order valence-corrected chi connectivity index (χ3v) is 16.8. The molecule has 11 rings (SSSR count). The molecule has 0 N–H and O–H groups in total. The van der Waals surface area contributed by atoms with Crippen molar-refractivity contribution in [3.05, 3.63) is 167 Å². The van der Waals surface area contributed by atoms with Crippen LogP contribution in [-0.2, 0) is 21.7 Å². The summed E-state index contributed by atoms with van der Waals surface area (Å²) in [7, 11) is 0. The van der Waals surface area contributed by atoms with Crippen molar-refractivity contribution in [2.45, 2.75) is 181 Å². The molecule has 0 saturated heterocycles. The van der Waals surface area contributed by atoms with Gasteiger partial charge in [-0.1, -0.05) is 182 Å². The first-order chi connectivity index (χ1) is 37.4. The first kappa shape index (κ1) is 46.0. The summed E-state index contributed by atoms with van der Waals surface area (Å²) in [4.78, 5) is 10.1. The molecule has 8 aromatic rings. The van der Waals surface area contributed by atoms with E-state index < -0.39 is 0 Å². The van der Waals surface area contributed by atoms with Crippen LogP contribution in [0.15, 0.2) is 133 Å². The highest BCUT2D eigenvalue weighted by atomic mass is 16.5. The van der Waals surface area contributed by atoms with E-state index in [1.807, 2.05) is 34.9 Å². The average Bonchev–Trinajstić information content (AvgIpc) is 3.99. The minimum absolute atomic E-state index is 0.0217. The summed E-state index contributed by atoms with van der Waals surface area (Å²) < 4.78 is 45.2. The number of benzene rings is 6. The summed E-state index contributed by atoms with van der Waals surface area (Å²) in [6, 6.07) is 37.1. The topological polar surface area (TPSA) is 33.5 Å². The van der Waals surface area contributed by atoms with Gasteiger partial charge in [0.2, 0.25) is 0 Å². The number of anilines is 4. The molecule has 5 nitrogen and oxygen atoms in total. The maximum atomic E-state index is 9.29. The van der Waals surface area contributed by atoms with Crippen molar-refractivity contribution in [2.24, 2.45) is 0 Å². The van der Waals surface area contributed by atoms with Crippen molar-refractivity contribution in [1.82, 2.24) is 9.55 Å². The van der Waals surface area contributed by atoms with Crippen molar-refractivity contribution < 1.29 is 10.2 Å². The molecule has 6 aromatic carbocycles. The third-order valence-electron chi connectivity index (χ3n) is 16.8. The summed E-state index contributed by atoms with van der Waals surface area (Å²) >= 11 is 0. The second-order valence-corrected chi connectivity index (χ2v) is 26.3. The van der Waals surface area contributed by atoms with Crippen LogP contribution >= 0.6 is 0 Å². The van der Waals surface area contributed by atoms with Gasteiger partial charge < -0.3 is 14.5 Å². The Labute approximate surface area is 455 Å². The number of rotatable bonds is 8. The Hall–Kier alpha value is -6.33. The highest BCUT2D eigenvalue weighted by molar-refractivity contribution is 6.09. The van der Waals surface area contributed by atoms with Crippen LogP contribution in [-0.4, -0.2) is 16.2 Å². The van der Waals surface area contributed by atoms with Crippen LogP contribution in [0.25, 0.3) is 38.8 Å². The molecule has 3 aliphatic rings. The Morgan fingerprint density at radius 2 is 1.12 bits per heavy atom. The Kier molecular flexibility index (Phi) is 11.9. The van der Waals surface area contributed by atoms with E-state index in [2.05, 4.69) is 166 Å². The lowest BCUT2D eigenvalue weighted by Gasteiger charge is -2.36. The van der Waals surface area contributed by atoms with E-state index in [0.717, 1.165) is 16.8 Å². The van der Waals surface area contributed by atoms with Gasteiger partial charge in [0.05, 0.1) is 27.9 Å². The third kappa shape index (κ3) is 9.79. The Morgan fingerprint density at radius 1 is 0.520 bits per heavy atom. The standard InChI is InChI=1S/C70H82N4O/c1-67(2,3)49-36-37-71-64(42-49)74-60-31-20-19-28-54(60)55-35-34-52(44-63(55)74)75-53-39-48(65-58(69(7,8)9)29-23-30-59(65)70(10,11)12)38-51(43-53)72-45-73(62-33-22-21-32-61(62)72)66-56(46-24-15-13-16-25-46)40-50(68(4,5)6)41-57(66)47-26-17-14-18-27-47/h19-23,28-44,46-47H,13-18,24-27,45H2,1-12H3/i19D,20D,28D,31D. The van der Waals surface area contributed by atoms with Crippen molar-refractivity contribution in [1.29, 1.82) is 0 Å². The molecule has 75 heavy (non-hydrogen) atoms. The number of fused-ring (bicyclic) bond motifs is 4. The normalized spacial score (nSPS) is 17.1. The van der Waals surface area contributed by atoms with Gasteiger partial charge in [-0.2, -0.15) is 0 Å². The van der Waals surface area contributed by atoms with E-state index in [1.165, 1.54) is 115 Å². The highest BCUT2D eigenvalue weighted by Crippen LogP contribution is 2.54. The minimum atomic E-state index is -0.279. The fourth-order valence-corrected chi connectivity index (χ4v) is 12.7. The quantitative estimate of drug-likeness (QED) is 0.152. The average molecular weight is 999 g/mol. The summed E-state index contributed by atoms with van der Waals surface area (Å²) in [5.41, 5.74) is 15.9. The van der Waals surface area contributed by atoms with Gasteiger partial charge in [-0.25, -0.2) is 4.98 Å². The van der Waals surface area contributed by atoms with Crippen molar-refractivity contribution in [2.75, 3.05) is 16.5 Å². The summed E-state index contributed by atoms with van der Waals surface area (Å²) in [6.07, 6.45) is 14.4. The molecule has 2 fully saturated rings. The number of para-hydroxylation sites is 3. The van der Waals surface area contributed by atoms with Gasteiger partial charge in [0.1, 0.15) is 24.0 Å². The molecule has 0 amide bonds. The molecule has 388 valence electrons. The molecule has 0 radical (unpaired) electrons. The molecule has 0 unspecified atom stereocenters. The lowest BCUT2D eigenvalue weighted by atomic mass is 9.74. The lowest BCUT2D eigenvalue weighted by Crippen LogP contribution is -2.28. The Morgan fingerprint density at radius 3 is 1.72 bits per heavy atom. The molecule has 0 spiro atoms. The number of hydrogen-bond acceptors (Lipinski definition) is 4. The number of nitrogens with zero attached hydrogens (tertiary/aromatic N) is 4. The van der Waals surface area contributed by atoms with Gasteiger partial charge in [-0.15, -0.1) is 0 Å². The number of ether oxygens (including phenoxy) is 1. The molecule has 2 aliphatic carbocycles. The predicted molar refractivity (Wildman–Crippen MR) is 319 cm³/mol. The largest absolute Gasteiger partial charge is 0.457 e. The molecule has 1 aliphatic heterocycles. The van der Waals surface area contributed by atoms with Crippen LogP contribution in [0.4, 0.5) is 22.7 Å². The molecule has 0 bridgehead atoms. The highest BCUT2D eigenvalue weighted by Gasteiger charge is 2.37. The van der Waals surface area contributed by atoms with Crippen LogP contribution < -0.4 is 14.5 Å². The molecular weight excluding hydrogens is 913 g/mol. The molecule has 3 heterocycles. The van der Waals surface area contributed by atoms with E-state index in [0.29, 0.717) is 57.6 Å². The van der Waals surface area contributed by atoms with Crippen LogP contribution in [0.2, 0.25) is 0 Å². The van der Waals surface area contributed by atoms with Crippen LogP contribution in [0.1, 0.15) is 198 Å². The monoisotopic (exact) mass is 999 g/mol. The zero-order valence-electron chi connectivity index (χ0n) is 51.0. The van der Waals surface area contributed by atoms with Gasteiger partial charge in [0, 0.05) is 40.5 Å². The van der Waals surface area contributed by atoms with Gasteiger partial charge in [0.25, 0.3) is 0 Å². The lowest BCUT2D eigenvalue weighted by molar-refractivity contribution is 0.434. The van der Waals surface area contributed by atoms with E-state index in [4.69, 9.17) is 12.5 Å². The van der Waals surface area contributed by atoms with Crippen LogP contribution in [0.5, 0.6) is 11.5 Å². The second kappa shape index (κ2) is 19.4. The SMILES string of the molecule is [2H]c1c([2H])c([2H])c2c(c1[2H])c1ccc(Oc3cc(-c4c(C(C)(C)C)cccc4C(C)(C)C)cc(N4CN(c5c(C6CCCCC6)cc(C(C)(C)C)cc5C5CCCCC5)c5ccccc54)c3)cc1n2-c1cc(C(C)(C)C)ccn1.